The first kappa shape index (κ1) is 10.4. The van der Waals surface area contributed by atoms with Crippen LogP contribution in [0.25, 0.3) is 0 Å². The van der Waals surface area contributed by atoms with Gasteiger partial charge < -0.3 is 0 Å². The molecule has 2 aliphatic rings. The molecule has 0 fully saturated rings. The zero-order valence-electron chi connectivity index (χ0n) is 8.52. The standard InChI is InChI=1S/C12H14O2S/c13-15(14,11-7-3-1-4-8-11)12-9-5-2-6-10-12/h1,3,5,7,9-10H,2,4,6,8H2. The zero-order valence-corrected chi connectivity index (χ0v) is 9.33. The Kier molecular flexibility index (Phi) is 2.91. The molecule has 0 bridgehead atoms. The second-order valence-corrected chi connectivity index (χ2v) is 5.69. The second kappa shape index (κ2) is 4.19. The average Bonchev–Trinajstić information content (AvgIpc) is 2.31. The highest BCUT2D eigenvalue weighted by molar-refractivity contribution is 7.99. The maximum Gasteiger partial charge on any atom is 0.202 e. The van der Waals surface area contributed by atoms with Crippen LogP contribution in [-0.4, -0.2) is 8.42 Å². The van der Waals surface area contributed by atoms with Crippen LogP contribution >= 0.6 is 0 Å². The van der Waals surface area contributed by atoms with Crippen molar-refractivity contribution in [1.29, 1.82) is 0 Å². The van der Waals surface area contributed by atoms with E-state index >= 15 is 0 Å². The van der Waals surface area contributed by atoms with Gasteiger partial charge >= 0.3 is 0 Å². The SMILES string of the molecule is O=S(=O)(C1=CCCC=C1)C1=CC=CCC1. The van der Waals surface area contributed by atoms with E-state index in [9.17, 15) is 8.42 Å². The third kappa shape index (κ3) is 2.12. The molecular formula is C12H14O2S. The van der Waals surface area contributed by atoms with Crippen molar-refractivity contribution in [3.05, 3.63) is 46.3 Å². The van der Waals surface area contributed by atoms with Crippen molar-refractivity contribution in [2.75, 3.05) is 0 Å². The van der Waals surface area contributed by atoms with Gasteiger partial charge in [0.05, 0.1) is 4.91 Å². The fraction of sp³-hybridized carbons (Fsp3) is 0.333. The molecule has 0 aromatic rings. The molecular weight excluding hydrogens is 208 g/mol. The number of rotatable bonds is 2. The predicted molar refractivity (Wildman–Crippen MR) is 61.8 cm³/mol. The van der Waals surface area contributed by atoms with E-state index < -0.39 is 9.84 Å². The lowest BCUT2D eigenvalue weighted by atomic mass is 10.2. The van der Waals surface area contributed by atoms with Crippen molar-refractivity contribution >= 4 is 9.84 Å². The second-order valence-electron chi connectivity index (χ2n) is 3.69. The summed E-state index contributed by atoms with van der Waals surface area (Å²) >= 11 is 0. The van der Waals surface area contributed by atoms with E-state index in [2.05, 4.69) is 0 Å². The normalized spacial score (nSPS) is 21.1. The smallest absolute Gasteiger partial charge is 0.202 e. The van der Waals surface area contributed by atoms with Crippen LogP contribution in [0.5, 0.6) is 0 Å². The lowest BCUT2D eigenvalue weighted by molar-refractivity contribution is 0.606. The fourth-order valence-electron chi connectivity index (χ4n) is 1.74. The first-order valence-electron chi connectivity index (χ1n) is 5.19. The molecule has 2 rings (SSSR count). The minimum Gasteiger partial charge on any atom is -0.219 e. The topological polar surface area (TPSA) is 34.1 Å². The number of hydrogen-bond acceptors (Lipinski definition) is 2. The summed E-state index contributed by atoms with van der Waals surface area (Å²) in [6.07, 6.45) is 14.2. The number of sulfone groups is 1. The number of hydrogen-bond donors (Lipinski definition) is 0. The van der Waals surface area contributed by atoms with E-state index in [0.717, 1.165) is 19.3 Å². The van der Waals surface area contributed by atoms with Gasteiger partial charge in [-0.2, -0.15) is 0 Å². The Balaban J connectivity index is 2.34. The van der Waals surface area contributed by atoms with Crippen LogP contribution in [0.1, 0.15) is 25.7 Å². The van der Waals surface area contributed by atoms with Gasteiger partial charge in [0.25, 0.3) is 0 Å². The lowest BCUT2D eigenvalue weighted by Crippen LogP contribution is -2.08. The van der Waals surface area contributed by atoms with Crippen LogP contribution in [0, 0.1) is 0 Å². The van der Waals surface area contributed by atoms with Crippen molar-refractivity contribution in [1.82, 2.24) is 0 Å². The van der Waals surface area contributed by atoms with Crippen molar-refractivity contribution in [3.63, 3.8) is 0 Å². The van der Waals surface area contributed by atoms with Crippen LogP contribution in [-0.2, 0) is 9.84 Å². The van der Waals surface area contributed by atoms with Gasteiger partial charge in [0.15, 0.2) is 0 Å². The summed E-state index contributed by atoms with van der Waals surface area (Å²) in [5.41, 5.74) is 0. The van der Waals surface area contributed by atoms with E-state index in [-0.39, 0.29) is 0 Å². The molecule has 0 radical (unpaired) electrons. The highest BCUT2D eigenvalue weighted by Gasteiger charge is 2.22. The minimum absolute atomic E-state index is 0.468. The molecule has 0 aromatic carbocycles. The van der Waals surface area contributed by atoms with Gasteiger partial charge in [0.1, 0.15) is 0 Å². The Morgan fingerprint density at radius 2 is 1.93 bits per heavy atom. The maximum absolute atomic E-state index is 12.1. The summed E-state index contributed by atoms with van der Waals surface area (Å²) in [6, 6.07) is 0. The van der Waals surface area contributed by atoms with E-state index in [1.54, 1.807) is 12.2 Å². The summed E-state index contributed by atoms with van der Waals surface area (Å²) in [6.45, 7) is 0. The van der Waals surface area contributed by atoms with Crippen molar-refractivity contribution in [2.45, 2.75) is 25.7 Å². The van der Waals surface area contributed by atoms with E-state index in [1.807, 2.05) is 24.3 Å². The molecule has 15 heavy (non-hydrogen) atoms. The van der Waals surface area contributed by atoms with Crippen molar-refractivity contribution < 1.29 is 8.42 Å². The Morgan fingerprint density at radius 3 is 2.53 bits per heavy atom. The molecule has 80 valence electrons. The third-order valence-electron chi connectivity index (χ3n) is 2.59. The van der Waals surface area contributed by atoms with E-state index in [0.29, 0.717) is 16.2 Å². The van der Waals surface area contributed by atoms with Gasteiger partial charge in [-0.15, -0.1) is 0 Å². The molecule has 2 nitrogen and oxygen atoms in total. The van der Waals surface area contributed by atoms with Crippen LogP contribution in [0.3, 0.4) is 0 Å². The number of allylic oxidation sites excluding steroid dienone is 7. The molecule has 0 amide bonds. The molecule has 0 unspecified atom stereocenters. The van der Waals surface area contributed by atoms with Gasteiger partial charge in [-0.1, -0.05) is 24.3 Å². The van der Waals surface area contributed by atoms with Crippen molar-refractivity contribution in [2.24, 2.45) is 0 Å². The fourth-order valence-corrected chi connectivity index (χ4v) is 3.30. The highest BCUT2D eigenvalue weighted by Crippen LogP contribution is 2.27. The first-order chi connectivity index (χ1) is 7.21. The van der Waals surface area contributed by atoms with Crippen LogP contribution in [0.4, 0.5) is 0 Å². The van der Waals surface area contributed by atoms with Gasteiger partial charge in [-0.25, -0.2) is 8.42 Å². The third-order valence-corrected chi connectivity index (χ3v) is 4.55. The molecule has 2 aliphatic carbocycles. The molecule has 0 saturated heterocycles. The average molecular weight is 222 g/mol. The summed E-state index contributed by atoms with van der Waals surface area (Å²) < 4.78 is 24.2. The Bertz CT molecular complexity index is 462. The summed E-state index contributed by atoms with van der Waals surface area (Å²) in [4.78, 5) is 1.01. The summed E-state index contributed by atoms with van der Waals surface area (Å²) in [5, 5.41) is 0. The zero-order chi connectivity index (χ0) is 10.7. The maximum atomic E-state index is 12.1. The Hall–Kier alpha value is -1.09. The summed E-state index contributed by atoms with van der Waals surface area (Å²) in [5.74, 6) is 0. The monoisotopic (exact) mass is 222 g/mol. The van der Waals surface area contributed by atoms with Gasteiger partial charge in [0.2, 0.25) is 9.84 Å². The van der Waals surface area contributed by atoms with E-state index in [1.165, 1.54) is 0 Å². The van der Waals surface area contributed by atoms with Gasteiger partial charge in [-0.05, 0) is 37.8 Å². The predicted octanol–water partition coefficient (Wildman–Crippen LogP) is 2.87. The molecule has 0 spiro atoms. The summed E-state index contributed by atoms with van der Waals surface area (Å²) in [7, 11) is -3.20. The molecule has 0 saturated carbocycles. The molecule has 0 atom stereocenters. The van der Waals surface area contributed by atoms with Gasteiger partial charge in [-0.3, -0.25) is 0 Å². The Morgan fingerprint density at radius 1 is 1.07 bits per heavy atom. The van der Waals surface area contributed by atoms with Crippen LogP contribution < -0.4 is 0 Å². The lowest BCUT2D eigenvalue weighted by Gasteiger charge is -2.12. The van der Waals surface area contributed by atoms with Crippen LogP contribution in [0.2, 0.25) is 0 Å². The van der Waals surface area contributed by atoms with Crippen LogP contribution in [0.15, 0.2) is 46.3 Å². The van der Waals surface area contributed by atoms with E-state index in [4.69, 9.17) is 0 Å². The molecule has 0 heterocycles. The molecule has 3 heteroatoms. The van der Waals surface area contributed by atoms with Crippen molar-refractivity contribution in [3.8, 4) is 0 Å². The van der Waals surface area contributed by atoms with Gasteiger partial charge in [0, 0.05) is 4.91 Å². The largest absolute Gasteiger partial charge is 0.219 e. The molecule has 0 aliphatic heterocycles. The molecule has 0 aromatic heterocycles. The minimum atomic E-state index is -3.20. The molecule has 0 N–H and O–H groups in total. The first-order valence-corrected chi connectivity index (χ1v) is 6.67. The highest BCUT2D eigenvalue weighted by atomic mass is 32.2. The Labute approximate surface area is 90.6 Å². The quantitative estimate of drug-likeness (QED) is 0.720.